The molecule has 2 rings (SSSR count). The van der Waals surface area contributed by atoms with Gasteiger partial charge in [0.2, 0.25) is 0 Å². The highest BCUT2D eigenvalue weighted by Gasteiger charge is 2.23. The summed E-state index contributed by atoms with van der Waals surface area (Å²) < 4.78 is 32.3. The van der Waals surface area contributed by atoms with Gasteiger partial charge in [-0.05, 0) is 62.8 Å². The fraction of sp³-hybridized carbons (Fsp3) is 0.600. The van der Waals surface area contributed by atoms with Crippen molar-refractivity contribution in [1.29, 1.82) is 0 Å². The predicted molar refractivity (Wildman–Crippen MR) is 84.0 cm³/mol. The minimum Gasteiger partial charge on any atom is -0.282 e. The lowest BCUT2D eigenvalue weighted by Crippen LogP contribution is -2.18. The summed E-state index contributed by atoms with van der Waals surface area (Å²) in [7, 11) is -4.12. The molecular formula is C15H22O3S2. The van der Waals surface area contributed by atoms with Gasteiger partial charge in [-0.15, -0.1) is 0 Å². The summed E-state index contributed by atoms with van der Waals surface area (Å²) in [4.78, 5) is 0.0788. The maximum absolute atomic E-state index is 11.5. The maximum Gasteiger partial charge on any atom is 0.294 e. The molecule has 20 heavy (non-hydrogen) atoms. The number of thioether (sulfide) groups is 1. The number of hydrogen-bond donors (Lipinski definition) is 1. The van der Waals surface area contributed by atoms with Gasteiger partial charge in [0, 0.05) is 5.25 Å². The zero-order valence-corrected chi connectivity index (χ0v) is 13.6. The van der Waals surface area contributed by atoms with Crippen molar-refractivity contribution in [3.63, 3.8) is 0 Å². The van der Waals surface area contributed by atoms with Crippen molar-refractivity contribution in [3.8, 4) is 0 Å². The molecule has 3 nitrogen and oxygen atoms in total. The fourth-order valence-electron chi connectivity index (χ4n) is 3.00. The molecule has 1 N–H and O–H groups in total. The van der Waals surface area contributed by atoms with E-state index in [0.29, 0.717) is 5.92 Å². The zero-order valence-electron chi connectivity index (χ0n) is 12.0. The molecule has 0 atom stereocenters. The number of benzene rings is 1. The molecule has 0 aliphatic heterocycles. The highest BCUT2D eigenvalue weighted by atomic mass is 32.2. The van der Waals surface area contributed by atoms with Gasteiger partial charge in [-0.25, -0.2) is 0 Å². The summed E-state index contributed by atoms with van der Waals surface area (Å²) in [5.41, 5.74) is 1.80. The van der Waals surface area contributed by atoms with E-state index in [4.69, 9.17) is 0 Å². The minimum atomic E-state index is -4.12. The van der Waals surface area contributed by atoms with E-state index in [1.807, 2.05) is 24.8 Å². The first-order valence-electron chi connectivity index (χ1n) is 7.00. The first-order valence-corrected chi connectivity index (χ1v) is 9.72. The zero-order chi connectivity index (χ0) is 14.8. The molecule has 1 saturated carbocycles. The van der Waals surface area contributed by atoms with Crippen molar-refractivity contribution in [2.45, 2.75) is 49.2 Å². The van der Waals surface area contributed by atoms with Crippen molar-refractivity contribution < 1.29 is 13.0 Å². The van der Waals surface area contributed by atoms with Gasteiger partial charge in [-0.3, -0.25) is 4.55 Å². The standard InChI is InChI=1S/C15H22O3S2/c1-11-3-8-15(20(16,17)18)13(9-11)10-12-4-6-14(19-2)7-5-12/h3,8-9,12,14H,4-7,10H2,1-2H3,(H,16,17,18). The lowest BCUT2D eigenvalue weighted by atomic mass is 9.84. The Balaban J connectivity index is 2.15. The average Bonchev–Trinajstić information content (AvgIpc) is 2.38. The van der Waals surface area contributed by atoms with Gasteiger partial charge in [0.15, 0.2) is 0 Å². The molecule has 1 aromatic rings. The van der Waals surface area contributed by atoms with Gasteiger partial charge in [0.1, 0.15) is 0 Å². The Kier molecular flexibility index (Phi) is 5.15. The lowest BCUT2D eigenvalue weighted by Gasteiger charge is -2.27. The van der Waals surface area contributed by atoms with Gasteiger partial charge in [-0.1, -0.05) is 17.7 Å². The largest absolute Gasteiger partial charge is 0.294 e. The van der Waals surface area contributed by atoms with Crippen LogP contribution in [0, 0.1) is 12.8 Å². The van der Waals surface area contributed by atoms with Gasteiger partial charge >= 0.3 is 0 Å². The van der Waals surface area contributed by atoms with Crippen LogP contribution in [0.5, 0.6) is 0 Å². The molecule has 0 saturated heterocycles. The second-order valence-electron chi connectivity index (χ2n) is 5.67. The Hall–Kier alpha value is -0.520. The summed E-state index contributed by atoms with van der Waals surface area (Å²) in [5.74, 6) is 0.528. The molecule has 0 heterocycles. The molecule has 1 fully saturated rings. The predicted octanol–water partition coefficient (Wildman–Crippen LogP) is 3.71. The van der Waals surface area contributed by atoms with Gasteiger partial charge in [-0.2, -0.15) is 20.2 Å². The Labute approximate surface area is 125 Å². The monoisotopic (exact) mass is 314 g/mol. The van der Waals surface area contributed by atoms with Gasteiger partial charge in [0.05, 0.1) is 4.90 Å². The number of hydrogen-bond acceptors (Lipinski definition) is 3. The van der Waals surface area contributed by atoms with Crippen LogP contribution in [-0.2, 0) is 16.5 Å². The smallest absolute Gasteiger partial charge is 0.282 e. The maximum atomic E-state index is 11.5. The molecule has 0 radical (unpaired) electrons. The van der Waals surface area contributed by atoms with E-state index in [-0.39, 0.29) is 4.90 Å². The Morgan fingerprint density at radius 3 is 2.45 bits per heavy atom. The van der Waals surface area contributed by atoms with E-state index < -0.39 is 10.1 Å². The van der Waals surface area contributed by atoms with Crippen molar-refractivity contribution >= 4 is 21.9 Å². The molecule has 5 heteroatoms. The second-order valence-corrected chi connectivity index (χ2v) is 8.20. The molecule has 0 aromatic heterocycles. The van der Waals surface area contributed by atoms with Crippen LogP contribution in [0.1, 0.15) is 36.8 Å². The van der Waals surface area contributed by atoms with Crippen LogP contribution < -0.4 is 0 Å². The third-order valence-electron chi connectivity index (χ3n) is 4.13. The molecule has 0 unspecified atom stereocenters. The van der Waals surface area contributed by atoms with E-state index in [1.54, 1.807) is 6.07 Å². The molecule has 0 bridgehead atoms. The third-order valence-corrected chi connectivity index (χ3v) is 6.22. The molecule has 0 amide bonds. The first-order chi connectivity index (χ1) is 9.40. The normalized spacial score (nSPS) is 23.8. The Morgan fingerprint density at radius 1 is 1.25 bits per heavy atom. The van der Waals surface area contributed by atoms with E-state index in [9.17, 15) is 13.0 Å². The van der Waals surface area contributed by atoms with Crippen LogP contribution >= 0.6 is 11.8 Å². The molecule has 1 aliphatic carbocycles. The number of aryl methyl sites for hydroxylation is 1. The molecule has 1 aliphatic rings. The first kappa shape index (κ1) is 15.9. The van der Waals surface area contributed by atoms with Gasteiger partial charge in [0.25, 0.3) is 10.1 Å². The third kappa shape index (κ3) is 3.99. The summed E-state index contributed by atoms with van der Waals surface area (Å²) in [5, 5.41) is 0.754. The highest BCUT2D eigenvalue weighted by molar-refractivity contribution is 7.99. The topological polar surface area (TPSA) is 54.4 Å². The number of rotatable bonds is 4. The van der Waals surface area contributed by atoms with Crippen LogP contribution in [-0.4, -0.2) is 24.5 Å². The van der Waals surface area contributed by atoms with Crippen molar-refractivity contribution in [2.24, 2.45) is 5.92 Å². The van der Waals surface area contributed by atoms with Crippen LogP contribution in [0.4, 0.5) is 0 Å². The molecule has 112 valence electrons. The quantitative estimate of drug-likeness (QED) is 0.861. The Morgan fingerprint density at radius 2 is 1.90 bits per heavy atom. The van der Waals surface area contributed by atoms with E-state index in [0.717, 1.165) is 35.6 Å². The van der Waals surface area contributed by atoms with E-state index in [1.165, 1.54) is 18.9 Å². The summed E-state index contributed by atoms with van der Waals surface area (Å²) >= 11 is 1.93. The van der Waals surface area contributed by atoms with Crippen molar-refractivity contribution in [1.82, 2.24) is 0 Å². The highest BCUT2D eigenvalue weighted by Crippen LogP contribution is 2.33. The summed E-state index contributed by atoms with van der Waals surface area (Å²) in [6.45, 7) is 1.95. The lowest BCUT2D eigenvalue weighted by molar-refractivity contribution is 0.361. The second kappa shape index (κ2) is 6.50. The van der Waals surface area contributed by atoms with E-state index >= 15 is 0 Å². The SMILES string of the molecule is CSC1CCC(Cc2cc(C)ccc2S(=O)(=O)O)CC1. The van der Waals surface area contributed by atoms with Gasteiger partial charge < -0.3 is 0 Å². The summed E-state index contributed by atoms with van der Waals surface area (Å²) in [6, 6.07) is 5.15. The average molecular weight is 314 g/mol. The van der Waals surface area contributed by atoms with Crippen LogP contribution in [0.2, 0.25) is 0 Å². The molecule has 1 aromatic carbocycles. The molecule has 0 spiro atoms. The van der Waals surface area contributed by atoms with Crippen molar-refractivity contribution in [3.05, 3.63) is 29.3 Å². The van der Waals surface area contributed by atoms with Crippen LogP contribution in [0.3, 0.4) is 0 Å². The van der Waals surface area contributed by atoms with E-state index in [2.05, 4.69) is 6.26 Å². The minimum absolute atomic E-state index is 0.0788. The fourth-order valence-corrected chi connectivity index (χ4v) is 4.46. The summed E-state index contributed by atoms with van der Waals surface area (Å²) in [6.07, 6.45) is 7.60. The van der Waals surface area contributed by atoms with Crippen molar-refractivity contribution in [2.75, 3.05) is 6.26 Å². The van der Waals surface area contributed by atoms with Crippen LogP contribution in [0.25, 0.3) is 0 Å². The Bertz CT molecular complexity index is 558. The molecular weight excluding hydrogens is 292 g/mol. The van der Waals surface area contributed by atoms with Crippen LogP contribution in [0.15, 0.2) is 23.1 Å².